The van der Waals surface area contributed by atoms with Gasteiger partial charge in [0.25, 0.3) is 5.91 Å². The number of carbonyl (C=O) groups is 3. The number of fused-ring (bicyclic) bond motifs is 1. The Labute approximate surface area is 116 Å². The van der Waals surface area contributed by atoms with Crippen molar-refractivity contribution in [2.45, 2.75) is 25.0 Å². The van der Waals surface area contributed by atoms with Gasteiger partial charge in [0.2, 0.25) is 5.91 Å². The van der Waals surface area contributed by atoms with E-state index in [4.69, 9.17) is 5.73 Å². The predicted molar refractivity (Wildman–Crippen MR) is 70.4 cm³/mol. The van der Waals surface area contributed by atoms with E-state index in [0.717, 1.165) is 6.42 Å². The number of allylic oxidation sites excluding steroid dienone is 2. The normalized spacial score (nSPS) is 30.3. The van der Waals surface area contributed by atoms with E-state index in [1.165, 1.54) is 0 Å². The van der Waals surface area contributed by atoms with Gasteiger partial charge in [-0.15, -0.1) is 0 Å². The fourth-order valence-electron chi connectivity index (χ4n) is 2.19. The summed E-state index contributed by atoms with van der Waals surface area (Å²) in [6, 6.07) is 0.265. The van der Waals surface area contributed by atoms with Crippen molar-refractivity contribution in [3.8, 4) is 0 Å². The van der Waals surface area contributed by atoms with Crippen LogP contribution in [0, 0.1) is 5.92 Å². The fraction of sp³-hybridized carbons (Fsp3) is 0.462. The minimum absolute atomic E-state index is 0.186. The zero-order chi connectivity index (χ0) is 14.5. The van der Waals surface area contributed by atoms with Crippen LogP contribution in [0.1, 0.15) is 12.8 Å². The van der Waals surface area contributed by atoms with Gasteiger partial charge >= 0.3 is 6.09 Å². The van der Waals surface area contributed by atoms with Crippen LogP contribution in [-0.4, -0.2) is 36.6 Å². The average Bonchev–Trinajstić information content (AvgIpc) is 2.86. The van der Waals surface area contributed by atoms with Crippen LogP contribution in [0.3, 0.4) is 0 Å². The first-order valence-electron chi connectivity index (χ1n) is 6.44. The number of ether oxygens (including phenoxy) is 1. The lowest BCUT2D eigenvalue weighted by atomic mass is 9.87. The maximum atomic E-state index is 10.9. The lowest BCUT2D eigenvalue weighted by Gasteiger charge is -2.29. The Morgan fingerprint density at radius 2 is 2.05 bits per heavy atom. The molecule has 1 aliphatic carbocycles. The highest BCUT2D eigenvalue weighted by molar-refractivity contribution is 5.84. The maximum absolute atomic E-state index is 10.9. The van der Waals surface area contributed by atoms with Crippen LogP contribution in [0.25, 0.3) is 0 Å². The summed E-state index contributed by atoms with van der Waals surface area (Å²) in [5.74, 6) is 0.109. The second-order valence-electron chi connectivity index (χ2n) is 4.74. The monoisotopic (exact) mass is 279 g/mol. The highest BCUT2D eigenvalue weighted by Gasteiger charge is 2.27. The van der Waals surface area contributed by atoms with E-state index in [1.54, 1.807) is 0 Å². The second-order valence-corrected chi connectivity index (χ2v) is 4.74. The van der Waals surface area contributed by atoms with Gasteiger partial charge in [0, 0.05) is 12.3 Å². The predicted octanol–water partition coefficient (Wildman–Crippen LogP) is -0.413. The van der Waals surface area contributed by atoms with Gasteiger partial charge < -0.3 is 21.1 Å². The quantitative estimate of drug-likeness (QED) is 0.605. The molecule has 2 saturated heterocycles. The summed E-state index contributed by atoms with van der Waals surface area (Å²) in [7, 11) is 0. The molecule has 3 rings (SSSR count). The molecule has 0 aromatic heterocycles. The van der Waals surface area contributed by atoms with Gasteiger partial charge in [-0.3, -0.25) is 9.59 Å². The summed E-state index contributed by atoms with van der Waals surface area (Å²) >= 11 is 0. The summed E-state index contributed by atoms with van der Waals surface area (Å²) in [5, 5.41) is 5.23. The maximum Gasteiger partial charge on any atom is 0.408 e. The minimum Gasteiger partial charge on any atom is -0.434 e. The molecule has 7 nitrogen and oxygen atoms in total. The zero-order valence-corrected chi connectivity index (χ0v) is 10.9. The molecular formula is C13H17N3O4. The van der Waals surface area contributed by atoms with Gasteiger partial charge in [-0.25, -0.2) is 4.79 Å². The first-order valence-corrected chi connectivity index (χ1v) is 6.44. The number of nitrogens with one attached hydrogen (secondary N) is 2. The first-order chi connectivity index (χ1) is 9.56. The minimum atomic E-state index is -0.780. The molecule has 3 unspecified atom stereocenters. The Kier molecular flexibility index (Phi) is 4.39. The molecular weight excluding hydrogens is 262 g/mol. The zero-order valence-electron chi connectivity index (χ0n) is 10.9. The van der Waals surface area contributed by atoms with Gasteiger partial charge in [0.05, 0.1) is 12.6 Å². The third kappa shape index (κ3) is 3.59. The molecule has 0 spiro atoms. The summed E-state index contributed by atoms with van der Waals surface area (Å²) < 4.78 is 4.40. The third-order valence-corrected chi connectivity index (χ3v) is 3.28. The van der Waals surface area contributed by atoms with E-state index in [-0.39, 0.29) is 18.5 Å². The van der Waals surface area contributed by atoms with Crippen molar-refractivity contribution in [2.75, 3.05) is 6.54 Å². The van der Waals surface area contributed by atoms with E-state index in [9.17, 15) is 14.4 Å². The Balaban J connectivity index is 0.000000151. The molecule has 0 radical (unpaired) electrons. The molecule has 3 amide bonds. The van der Waals surface area contributed by atoms with E-state index in [0.29, 0.717) is 12.3 Å². The molecule has 3 atom stereocenters. The molecule has 7 heteroatoms. The molecule has 3 aliphatic rings. The lowest BCUT2D eigenvalue weighted by molar-refractivity contribution is -0.124. The number of piperidine rings is 1. The van der Waals surface area contributed by atoms with Crippen LogP contribution in [-0.2, 0) is 14.3 Å². The SMILES string of the molecule is NC(=O)C1CNC(=O)O1.O=C1CCC2C=CC=CC2N1. The lowest BCUT2D eigenvalue weighted by Crippen LogP contribution is -2.43. The number of cyclic esters (lactones) is 1. The number of amides is 3. The molecule has 2 aliphatic heterocycles. The molecule has 2 fully saturated rings. The third-order valence-electron chi connectivity index (χ3n) is 3.28. The average molecular weight is 279 g/mol. The smallest absolute Gasteiger partial charge is 0.408 e. The first kappa shape index (κ1) is 14.1. The Morgan fingerprint density at radius 3 is 2.65 bits per heavy atom. The van der Waals surface area contributed by atoms with Crippen LogP contribution in [0.15, 0.2) is 24.3 Å². The molecule has 0 bridgehead atoms. The highest BCUT2D eigenvalue weighted by Crippen LogP contribution is 2.21. The van der Waals surface area contributed by atoms with E-state index in [1.807, 2.05) is 6.08 Å². The second kappa shape index (κ2) is 6.23. The number of hydrogen-bond acceptors (Lipinski definition) is 4. The number of nitrogens with two attached hydrogens (primary N) is 1. The number of rotatable bonds is 1. The summed E-state index contributed by atoms with van der Waals surface area (Å²) in [6.45, 7) is 0.189. The van der Waals surface area contributed by atoms with Crippen molar-refractivity contribution < 1.29 is 19.1 Å². The van der Waals surface area contributed by atoms with Crippen molar-refractivity contribution in [3.63, 3.8) is 0 Å². The van der Waals surface area contributed by atoms with Crippen LogP contribution < -0.4 is 16.4 Å². The Morgan fingerprint density at radius 1 is 1.30 bits per heavy atom. The number of carbonyl (C=O) groups excluding carboxylic acids is 3. The van der Waals surface area contributed by atoms with Crippen molar-refractivity contribution >= 4 is 17.9 Å². The van der Waals surface area contributed by atoms with Crippen molar-refractivity contribution in [2.24, 2.45) is 11.7 Å². The van der Waals surface area contributed by atoms with Gasteiger partial charge in [-0.05, 0) is 6.42 Å². The standard InChI is InChI=1S/C9H11NO.C4H6N2O3/c11-9-6-5-7-3-1-2-4-8(7)10-9;5-3(7)2-1-6-4(8)9-2/h1-4,7-8H,5-6H2,(H,10,11);2H,1H2,(H2,5,7)(H,6,8). The van der Waals surface area contributed by atoms with Crippen LogP contribution in [0.2, 0.25) is 0 Å². The van der Waals surface area contributed by atoms with Gasteiger partial charge in [0.15, 0.2) is 6.10 Å². The van der Waals surface area contributed by atoms with Gasteiger partial charge in [-0.1, -0.05) is 24.3 Å². The van der Waals surface area contributed by atoms with Crippen molar-refractivity contribution in [1.82, 2.24) is 10.6 Å². The van der Waals surface area contributed by atoms with E-state index in [2.05, 4.69) is 33.6 Å². The van der Waals surface area contributed by atoms with Gasteiger partial charge in [-0.2, -0.15) is 0 Å². The summed E-state index contributed by atoms with van der Waals surface area (Å²) in [4.78, 5) is 31.4. The fourth-order valence-corrected chi connectivity index (χ4v) is 2.19. The molecule has 0 aromatic carbocycles. The highest BCUT2D eigenvalue weighted by atomic mass is 16.6. The Hall–Kier alpha value is -2.31. The number of primary amides is 1. The van der Waals surface area contributed by atoms with E-state index >= 15 is 0 Å². The molecule has 0 aromatic rings. The molecule has 20 heavy (non-hydrogen) atoms. The largest absolute Gasteiger partial charge is 0.434 e. The van der Waals surface area contributed by atoms with Gasteiger partial charge in [0.1, 0.15) is 0 Å². The van der Waals surface area contributed by atoms with Crippen molar-refractivity contribution in [1.29, 1.82) is 0 Å². The Bertz CT molecular complexity index is 472. The number of hydrogen-bond donors (Lipinski definition) is 3. The number of alkyl carbamates (subject to hydrolysis) is 1. The molecule has 2 heterocycles. The van der Waals surface area contributed by atoms with Crippen molar-refractivity contribution in [3.05, 3.63) is 24.3 Å². The molecule has 0 saturated carbocycles. The summed E-state index contributed by atoms with van der Waals surface area (Å²) in [5.41, 5.74) is 4.80. The summed E-state index contributed by atoms with van der Waals surface area (Å²) in [6.07, 6.45) is 8.59. The topological polar surface area (TPSA) is 111 Å². The van der Waals surface area contributed by atoms with Crippen LogP contribution >= 0.6 is 0 Å². The molecule has 108 valence electrons. The van der Waals surface area contributed by atoms with Crippen LogP contribution in [0.4, 0.5) is 4.79 Å². The molecule has 4 N–H and O–H groups in total. The van der Waals surface area contributed by atoms with E-state index < -0.39 is 18.1 Å². The van der Waals surface area contributed by atoms with Crippen LogP contribution in [0.5, 0.6) is 0 Å².